The van der Waals surface area contributed by atoms with Crippen molar-refractivity contribution in [3.63, 3.8) is 0 Å². The number of nitrogens with zero attached hydrogens (tertiary/aromatic N) is 4. The lowest BCUT2D eigenvalue weighted by atomic mass is 9.79. The largest absolute Gasteiger partial charge is 0.459 e. The van der Waals surface area contributed by atoms with Gasteiger partial charge in [0.15, 0.2) is 23.1 Å². The number of Topliss-reactive ketones (excluding diaryl/α,β-unsaturated/α-hetero) is 4. The number of rotatable bonds is 8. The number of nitriles is 4. The van der Waals surface area contributed by atoms with E-state index in [1.165, 1.54) is 48.6 Å². The summed E-state index contributed by atoms with van der Waals surface area (Å²) < 4.78 is 11.9. The summed E-state index contributed by atoms with van der Waals surface area (Å²) in [6, 6.07) is 32.9. The van der Waals surface area contributed by atoms with Gasteiger partial charge >= 0.3 is 11.9 Å². The molecule has 9 rings (SSSR count). The third-order valence-electron chi connectivity index (χ3n) is 10.9. The molecule has 0 atom stereocenters. The number of hydrogen-bond donors (Lipinski definition) is 0. The fraction of sp³-hybridized carbons (Fsp3) is 0.0612. The molecule has 0 saturated carbocycles. The summed E-state index contributed by atoms with van der Waals surface area (Å²) in [4.78, 5) is 86.0. The fourth-order valence-electron chi connectivity index (χ4n) is 7.84. The maximum Gasteiger partial charge on any atom is 0.333 e. The van der Waals surface area contributed by atoms with Crippen LogP contribution < -0.4 is 0 Å². The van der Waals surface area contributed by atoms with Gasteiger partial charge in [-0.05, 0) is 59.7 Å². The Morgan fingerprint density at radius 3 is 1.13 bits per heavy atom. The van der Waals surface area contributed by atoms with E-state index in [4.69, 9.17) is 9.47 Å². The van der Waals surface area contributed by atoms with Crippen LogP contribution in [0.4, 0.5) is 0 Å². The normalized spacial score (nSPS) is 13.8. The number of carbonyl (C=O) groups excluding carboxylic acids is 6. The Hall–Kier alpha value is -8.66. The van der Waals surface area contributed by atoms with Gasteiger partial charge in [0, 0.05) is 43.1 Å². The number of allylic oxidation sites excluding steroid dienone is 2. The first-order chi connectivity index (χ1) is 30.5. The predicted octanol–water partition coefficient (Wildman–Crippen LogP) is 7.97. The van der Waals surface area contributed by atoms with E-state index in [2.05, 4.69) is 0 Å². The second-order valence-electron chi connectivity index (χ2n) is 14.4. The van der Waals surface area contributed by atoms with E-state index >= 15 is 0 Å². The minimum absolute atomic E-state index is 0.0432. The molecule has 6 aromatic rings. The van der Waals surface area contributed by atoms with Crippen LogP contribution in [0, 0.1) is 45.3 Å². The quantitative estimate of drug-likeness (QED) is 0.0616. The van der Waals surface area contributed by atoms with E-state index < -0.39 is 40.5 Å². The zero-order chi connectivity index (χ0) is 44.2. The van der Waals surface area contributed by atoms with E-state index in [1.807, 2.05) is 24.3 Å². The molecule has 0 aliphatic heterocycles. The van der Waals surface area contributed by atoms with Crippen LogP contribution in [-0.4, -0.2) is 35.1 Å². The van der Waals surface area contributed by atoms with Crippen molar-refractivity contribution < 1.29 is 38.2 Å². The molecule has 4 aromatic carbocycles. The van der Waals surface area contributed by atoms with Gasteiger partial charge < -0.3 is 9.47 Å². The molecular weight excluding hydrogens is 837 g/mol. The topological polar surface area (TPSA) is 216 Å². The molecule has 12 nitrogen and oxygen atoms in total. The number of ketones is 4. The van der Waals surface area contributed by atoms with E-state index in [-0.39, 0.29) is 80.0 Å². The Morgan fingerprint density at radius 2 is 0.825 bits per heavy atom. The highest BCUT2D eigenvalue weighted by Gasteiger charge is 2.60. The van der Waals surface area contributed by atoms with Gasteiger partial charge in [-0.25, -0.2) is 0 Å². The van der Waals surface area contributed by atoms with Crippen LogP contribution in [-0.2, 0) is 37.7 Å². The van der Waals surface area contributed by atoms with E-state index in [9.17, 15) is 49.8 Å². The molecule has 0 radical (unpaired) electrons. The van der Waals surface area contributed by atoms with Gasteiger partial charge in [-0.3, -0.25) is 28.8 Å². The molecule has 63 heavy (non-hydrogen) atoms. The third kappa shape index (κ3) is 6.30. The summed E-state index contributed by atoms with van der Waals surface area (Å²) in [6.07, 6.45) is 2.66. The van der Waals surface area contributed by atoms with Crippen molar-refractivity contribution in [3.8, 4) is 34.0 Å². The maximum atomic E-state index is 14.9. The highest BCUT2D eigenvalue weighted by molar-refractivity contribution is 7.23. The Kier molecular flexibility index (Phi) is 9.74. The number of esters is 2. The molecular formula is C49H22N4O8S2. The lowest BCUT2D eigenvalue weighted by molar-refractivity contribution is -0.164. The van der Waals surface area contributed by atoms with E-state index in [0.717, 1.165) is 22.7 Å². The van der Waals surface area contributed by atoms with Crippen LogP contribution in [0.3, 0.4) is 0 Å². The molecule has 3 aliphatic rings. The average Bonchev–Trinajstić information content (AvgIpc) is 4.08. The Bertz CT molecular complexity index is 3010. The first-order valence-corrected chi connectivity index (χ1v) is 20.5. The average molecular weight is 859 g/mol. The molecule has 0 spiro atoms. The minimum atomic E-state index is -2.29. The molecule has 2 heterocycles. The lowest BCUT2D eigenvalue weighted by Crippen LogP contribution is -2.45. The summed E-state index contributed by atoms with van der Waals surface area (Å²) in [6.45, 7) is -0.458. The Labute approximate surface area is 365 Å². The van der Waals surface area contributed by atoms with Crippen molar-refractivity contribution in [1.82, 2.24) is 0 Å². The SMILES string of the molecule is N#Cc1cc2c(cc1C#N)C(=O)C(=Cc1cc3c(s1)-c1sc(C=C4C(=O)c5cc(C#N)c(C#N)cc5C4=O)cc1C3(C(=O)OCc1ccccc1)C(=O)OCc1ccccc1)C2=O. The second kappa shape index (κ2) is 15.4. The lowest BCUT2D eigenvalue weighted by Gasteiger charge is -2.26. The van der Waals surface area contributed by atoms with Crippen molar-refractivity contribution in [2.45, 2.75) is 18.6 Å². The number of thiophene rings is 2. The van der Waals surface area contributed by atoms with Crippen molar-refractivity contribution >= 4 is 69.9 Å². The fourth-order valence-corrected chi connectivity index (χ4v) is 10.3. The van der Waals surface area contributed by atoms with Gasteiger partial charge in [-0.1, -0.05) is 60.7 Å². The van der Waals surface area contributed by atoms with Crippen molar-refractivity contribution in [3.05, 3.63) is 185 Å². The summed E-state index contributed by atoms with van der Waals surface area (Å²) >= 11 is 2.13. The van der Waals surface area contributed by atoms with E-state index in [1.54, 1.807) is 60.7 Å². The highest BCUT2D eigenvalue weighted by atomic mass is 32.1. The van der Waals surface area contributed by atoms with Crippen LogP contribution in [0.15, 0.2) is 108 Å². The van der Waals surface area contributed by atoms with Crippen LogP contribution in [0.2, 0.25) is 0 Å². The number of hydrogen-bond acceptors (Lipinski definition) is 14. The summed E-state index contributed by atoms with van der Waals surface area (Å²) in [5, 5.41) is 38.3. The predicted molar refractivity (Wildman–Crippen MR) is 226 cm³/mol. The monoisotopic (exact) mass is 858 g/mol. The highest BCUT2D eigenvalue weighted by Crippen LogP contribution is 2.58. The third-order valence-corrected chi connectivity index (χ3v) is 13.2. The molecule has 0 amide bonds. The van der Waals surface area contributed by atoms with Crippen molar-refractivity contribution in [2.24, 2.45) is 0 Å². The van der Waals surface area contributed by atoms with Gasteiger partial charge in [-0.15, -0.1) is 22.7 Å². The molecule has 0 bridgehead atoms. The zero-order valence-corrected chi connectivity index (χ0v) is 33.8. The molecule has 0 N–H and O–H groups in total. The molecule has 298 valence electrons. The number of fused-ring (bicyclic) bond motifs is 5. The summed E-state index contributed by atoms with van der Waals surface area (Å²) in [7, 11) is 0. The molecule has 14 heteroatoms. The van der Waals surface area contributed by atoms with Gasteiger partial charge in [0.25, 0.3) is 0 Å². The molecule has 0 fully saturated rings. The Balaban J connectivity index is 1.20. The maximum absolute atomic E-state index is 14.9. The molecule has 0 saturated heterocycles. The summed E-state index contributed by atoms with van der Waals surface area (Å²) in [5.74, 6) is -4.71. The van der Waals surface area contributed by atoms with Crippen LogP contribution in [0.5, 0.6) is 0 Å². The second-order valence-corrected chi connectivity index (χ2v) is 16.6. The molecule has 3 aliphatic carbocycles. The number of ether oxygens (including phenoxy) is 2. The van der Waals surface area contributed by atoms with E-state index in [0.29, 0.717) is 30.6 Å². The van der Waals surface area contributed by atoms with Crippen LogP contribution >= 0.6 is 22.7 Å². The molecule has 0 unspecified atom stereocenters. The van der Waals surface area contributed by atoms with Gasteiger partial charge in [-0.2, -0.15) is 21.0 Å². The van der Waals surface area contributed by atoms with Crippen LogP contribution in [0.1, 0.15) is 95.7 Å². The van der Waals surface area contributed by atoms with Crippen LogP contribution in [0.25, 0.3) is 21.9 Å². The number of benzene rings is 4. The number of carbonyl (C=O) groups is 6. The molecule has 2 aromatic heterocycles. The smallest absolute Gasteiger partial charge is 0.333 e. The summed E-state index contributed by atoms with van der Waals surface area (Å²) in [5.41, 5.74) is -1.71. The first-order valence-electron chi connectivity index (χ1n) is 18.8. The van der Waals surface area contributed by atoms with Crippen molar-refractivity contribution in [2.75, 3.05) is 0 Å². The minimum Gasteiger partial charge on any atom is -0.459 e. The van der Waals surface area contributed by atoms with Gasteiger partial charge in [0.05, 0.1) is 43.2 Å². The van der Waals surface area contributed by atoms with Gasteiger partial charge in [0.1, 0.15) is 37.5 Å². The first kappa shape index (κ1) is 39.8. The Morgan fingerprint density at radius 1 is 0.508 bits per heavy atom. The van der Waals surface area contributed by atoms with Crippen molar-refractivity contribution in [1.29, 1.82) is 21.0 Å². The van der Waals surface area contributed by atoms with Gasteiger partial charge in [0.2, 0.25) is 5.41 Å². The zero-order valence-electron chi connectivity index (χ0n) is 32.2. The standard InChI is InChI=1S/C49H22N4O8S2/c50-19-27-11-33-34(12-28(27)20-51)42(55)37(41(33)54)15-31-17-39-45(62-31)46-40(18-32(63-46)16-38-43(56)35-13-29(21-52)30(22-53)14-36(35)44(38)57)49(39,47(58)60-23-25-7-3-1-4-8-25)48(59)61-24-26-9-5-2-6-10-26/h1-18H,23-24H2.